The van der Waals surface area contributed by atoms with Crippen LogP contribution in [0.5, 0.6) is 0 Å². The Morgan fingerprint density at radius 1 is 1.50 bits per heavy atom. The second-order valence-corrected chi connectivity index (χ2v) is 6.56. The average molecular weight is 324 g/mol. The lowest BCUT2D eigenvalue weighted by molar-refractivity contribution is -0.138. The van der Waals surface area contributed by atoms with E-state index in [0.29, 0.717) is 16.5 Å². The first kappa shape index (κ1) is 16.4. The van der Waals surface area contributed by atoms with Gasteiger partial charge < -0.3 is 10.4 Å². The van der Waals surface area contributed by atoms with Gasteiger partial charge in [-0.1, -0.05) is 38.5 Å². The number of fused-ring (bicyclic) bond motifs is 1. The van der Waals surface area contributed by atoms with Crippen LogP contribution in [0.25, 0.3) is 4.96 Å². The molecule has 8 heteroatoms. The van der Waals surface area contributed by atoms with E-state index in [1.807, 2.05) is 20.8 Å². The smallest absolute Gasteiger partial charge is 0.326 e. The summed E-state index contributed by atoms with van der Waals surface area (Å²) in [4.78, 5) is 28.2. The molecule has 2 aromatic heterocycles. The van der Waals surface area contributed by atoms with Crippen molar-refractivity contribution in [2.75, 3.05) is 5.32 Å². The molecule has 0 saturated heterocycles. The molecule has 0 saturated carbocycles. The van der Waals surface area contributed by atoms with E-state index in [0.717, 1.165) is 18.5 Å². The summed E-state index contributed by atoms with van der Waals surface area (Å²) in [5.74, 6) is -0.695. The third-order valence-corrected chi connectivity index (χ3v) is 3.95. The Morgan fingerprint density at radius 3 is 2.82 bits per heavy atom. The van der Waals surface area contributed by atoms with Crippen LogP contribution in [-0.4, -0.2) is 31.7 Å². The van der Waals surface area contributed by atoms with Crippen LogP contribution in [-0.2, 0) is 11.2 Å². The molecule has 0 unspecified atom stereocenters. The molecule has 0 amide bonds. The lowest BCUT2D eigenvalue weighted by Gasteiger charge is -2.14. The monoisotopic (exact) mass is 324 g/mol. The van der Waals surface area contributed by atoms with Gasteiger partial charge in [-0.3, -0.25) is 4.79 Å². The fourth-order valence-corrected chi connectivity index (χ4v) is 3.02. The highest BCUT2D eigenvalue weighted by Crippen LogP contribution is 2.19. The van der Waals surface area contributed by atoms with Crippen molar-refractivity contribution in [1.82, 2.24) is 14.6 Å². The number of hydrogen-bond acceptors (Lipinski definition) is 6. The first-order valence-corrected chi connectivity index (χ1v) is 8.11. The summed E-state index contributed by atoms with van der Waals surface area (Å²) in [6.07, 6.45) is 2.12. The number of nitrogens with one attached hydrogen (secondary N) is 1. The van der Waals surface area contributed by atoms with Crippen molar-refractivity contribution in [3.05, 3.63) is 22.1 Å². The van der Waals surface area contributed by atoms with Crippen LogP contribution >= 0.6 is 11.3 Å². The fourth-order valence-electron chi connectivity index (χ4n) is 2.14. The Balaban J connectivity index is 2.30. The number of carboxylic acid groups (broad SMARTS) is 1. The van der Waals surface area contributed by atoms with Gasteiger partial charge in [-0.2, -0.15) is 4.52 Å². The molecule has 1 atom stereocenters. The van der Waals surface area contributed by atoms with Crippen LogP contribution in [0.2, 0.25) is 0 Å². The Kier molecular flexibility index (Phi) is 5.12. The predicted molar refractivity (Wildman–Crippen MR) is 85.6 cm³/mol. The van der Waals surface area contributed by atoms with Crippen LogP contribution in [0, 0.1) is 5.92 Å². The quantitative estimate of drug-likeness (QED) is 0.809. The molecular formula is C14H20N4O3S. The molecule has 2 rings (SSSR count). The van der Waals surface area contributed by atoms with Crippen LogP contribution in [0.1, 0.15) is 39.3 Å². The Hall–Kier alpha value is -1.96. The maximum atomic E-state index is 12.0. The van der Waals surface area contributed by atoms with E-state index >= 15 is 0 Å². The molecule has 0 bridgehead atoms. The Morgan fingerprint density at radius 2 is 2.23 bits per heavy atom. The highest BCUT2D eigenvalue weighted by atomic mass is 32.1. The van der Waals surface area contributed by atoms with Gasteiger partial charge in [0.25, 0.3) is 5.56 Å². The van der Waals surface area contributed by atoms with E-state index in [2.05, 4.69) is 15.4 Å². The first-order chi connectivity index (χ1) is 10.4. The zero-order valence-electron chi connectivity index (χ0n) is 12.9. The lowest BCUT2D eigenvalue weighted by atomic mass is 10.0. The van der Waals surface area contributed by atoms with Crippen LogP contribution < -0.4 is 10.9 Å². The van der Waals surface area contributed by atoms with E-state index in [1.165, 1.54) is 21.9 Å². The first-order valence-electron chi connectivity index (χ1n) is 7.29. The molecule has 2 aromatic rings. The second kappa shape index (κ2) is 6.87. The minimum absolute atomic E-state index is 0.236. The average Bonchev–Trinajstić information content (AvgIpc) is 2.81. The van der Waals surface area contributed by atoms with Crippen molar-refractivity contribution in [3.63, 3.8) is 0 Å². The van der Waals surface area contributed by atoms with Gasteiger partial charge in [0, 0.05) is 11.8 Å². The number of anilines is 1. The SMILES string of the molecule is CCCc1cc(=O)n2nc(N[C@@H](CC(C)C)C(=O)O)sc2n1. The number of nitrogens with zero attached hydrogens (tertiary/aromatic N) is 3. The standard InChI is InChI=1S/C14H20N4O3S/c1-4-5-9-7-11(19)18-14(15-9)22-13(17-18)16-10(12(20)21)6-8(2)3/h7-8,10H,4-6H2,1-3H3,(H,16,17)(H,20,21)/t10-/m0/s1. The molecular weight excluding hydrogens is 304 g/mol. The zero-order chi connectivity index (χ0) is 16.3. The summed E-state index contributed by atoms with van der Waals surface area (Å²) in [5.41, 5.74) is 0.494. The van der Waals surface area contributed by atoms with Crippen molar-refractivity contribution >= 4 is 27.4 Å². The molecule has 0 spiro atoms. The van der Waals surface area contributed by atoms with E-state index in [9.17, 15) is 14.7 Å². The summed E-state index contributed by atoms with van der Waals surface area (Å²) < 4.78 is 1.21. The lowest BCUT2D eigenvalue weighted by Crippen LogP contribution is -2.30. The second-order valence-electron chi connectivity index (χ2n) is 5.60. The number of aromatic nitrogens is 3. The molecule has 2 N–H and O–H groups in total. The molecule has 0 aromatic carbocycles. The summed E-state index contributed by atoms with van der Waals surface area (Å²) in [5, 5.41) is 16.7. The normalized spacial score (nSPS) is 12.7. The molecule has 0 fully saturated rings. The number of hydrogen-bond donors (Lipinski definition) is 2. The van der Waals surface area contributed by atoms with E-state index in [4.69, 9.17) is 0 Å². The van der Waals surface area contributed by atoms with Gasteiger partial charge in [0.1, 0.15) is 6.04 Å². The van der Waals surface area contributed by atoms with Gasteiger partial charge in [0.05, 0.1) is 0 Å². The van der Waals surface area contributed by atoms with Gasteiger partial charge in [-0.05, 0) is 18.8 Å². The molecule has 2 heterocycles. The number of carboxylic acids is 1. The Bertz CT molecular complexity index is 722. The zero-order valence-corrected chi connectivity index (χ0v) is 13.7. The van der Waals surface area contributed by atoms with E-state index in [1.54, 1.807) is 0 Å². The predicted octanol–water partition coefficient (Wildman–Crippen LogP) is 2.01. The summed E-state index contributed by atoms with van der Waals surface area (Å²) >= 11 is 1.19. The maximum Gasteiger partial charge on any atom is 0.326 e. The highest BCUT2D eigenvalue weighted by molar-refractivity contribution is 7.20. The molecule has 0 aliphatic heterocycles. The van der Waals surface area contributed by atoms with Crippen molar-refractivity contribution in [1.29, 1.82) is 0 Å². The number of aryl methyl sites for hydroxylation is 1. The summed E-state index contributed by atoms with van der Waals surface area (Å²) in [7, 11) is 0. The molecule has 0 aliphatic carbocycles. The van der Waals surface area contributed by atoms with Gasteiger partial charge in [0.15, 0.2) is 0 Å². The van der Waals surface area contributed by atoms with E-state index < -0.39 is 12.0 Å². The number of rotatable bonds is 7. The van der Waals surface area contributed by atoms with Gasteiger partial charge in [-0.15, -0.1) is 5.10 Å². The maximum absolute atomic E-state index is 12.0. The van der Waals surface area contributed by atoms with Gasteiger partial charge in [0.2, 0.25) is 10.1 Å². The van der Waals surface area contributed by atoms with Crippen molar-refractivity contribution in [2.45, 2.75) is 46.1 Å². The summed E-state index contributed by atoms with van der Waals surface area (Å²) in [6, 6.07) is 0.745. The number of carbonyl (C=O) groups is 1. The van der Waals surface area contributed by atoms with Crippen LogP contribution in [0.3, 0.4) is 0 Å². The van der Waals surface area contributed by atoms with E-state index in [-0.39, 0.29) is 11.5 Å². The Labute approximate surface area is 132 Å². The van der Waals surface area contributed by atoms with Gasteiger partial charge in [-0.25, -0.2) is 9.78 Å². The van der Waals surface area contributed by atoms with Gasteiger partial charge >= 0.3 is 5.97 Å². The largest absolute Gasteiger partial charge is 0.480 e. The third-order valence-electron chi connectivity index (χ3n) is 3.11. The fraction of sp³-hybridized carbons (Fsp3) is 0.571. The minimum atomic E-state index is -0.931. The molecule has 0 radical (unpaired) electrons. The van der Waals surface area contributed by atoms with Crippen molar-refractivity contribution in [3.8, 4) is 0 Å². The molecule has 120 valence electrons. The topological polar surface area (TPSA) is 96.6 Å². The number of aliphatic carboxylic acids is 1. The van der Waals surface area contributed by atoms with Crippen molar-refractivity contribution in [2.24, 2.45) is 5.92 Å². The third kappa shape index (κ3) is 3.82. The molecule has 0 aliphatic rings. The van der Waals surface area contributed by atoms with Crippen LogP contribution in [0.4, 0.5) is 5.13 Å². The van der Waals surface area contributed by atoms with Crippen molar-refractivity contribution < 1.29 is 9.90 Å². The molecule has 22 heavy (non-hydrogen) atoms. The van der Waals surface area contributed by atoms with Crippen LogP contribution in [0.15, 0.2) is 10.9 Å². The molecule has 7 nitrogen and oxygen atoms in total. The highest BCUT2D eigenvalue weighted by Gasteiger charge is 2.20. The summed E-state index contributed by atoms with van der Waals surface area (Å²) in [6.45, 7) is 5.94. The minimum Gasteiger partial charge on any atom is -0.480 e.